The topological polar surface area (TPSA) is 77.6 Å². The third kappa shape index (κ3) is 3.64. The van der Waals surface area contributed by atoms with Gasteiger partial charge in [0.25, 0.3) is 0 Å². The van der Waals surface area contributed by atoms with E-state index in [-0.39, 0.29) is 18.1 Å². The molecule has 4 rings (SSSR count). The van der Waals surface area contributed by atoms with Crippen molar-refractivity contribution >= 4 is 17.2 Å². The number of amides is 1. The number of aromatic nitrogens is 3. The molecule has 0 aliphatic rings. The maximum atomic E-state index is 12.5. The lowest BCUT2D eigenvalue weighted by atomic mass is 10.2. The first-order chi connectivity index (χ1) is 13.6. The van der Waals surface area contributed by atoms with Gasteiger partial charge in [0, 0.05) is 6.20 Å². The van der Waals surface area contributed by atoms with Crippen LogP contribution in [0.25, 0.3) is 5.65 Å². The molecule has 1 amide bonds. The number of fused-ring (bicyclic) bond motifs is 1. The van der Waals surface area contributed by atoms with Crippen molar-refractivity contribution in [1.29, 1.82) is 0 Å². The van der Waals surface area contributed by atoms with Crippen LogP contribution >= 0.6 is 0 Å². The highest BCUT2D eigenvalue weighted by Gasteiger charge is 2.13. The number of benzene rings is 2. The Bertz CT molecular complexity index is 1190. The van der Waals surface area contributed by atoms with Crippen LogP contribution in [0.3, 0.4) is 0 Å². The highest BCUT2D eigenvalue weighted by molar-refractivity contribution is 5.92. The van der Waals surface area contributed by atoms with E-state index >= 15 is 0 Å². The van der Waals surface area contributed by atoms with Crippen LogP contribution in [-0.2, 0) is 11.3 Å². The number of rotatable bonds is 5. The van der Waals surface area contributed by atoms with Gasteiger partial charge in [-0.05, 0) is 43.3 Å². The van der Waals surface area contributed by atoms with Gasteiger partial charge in [-0.25, -0.2) is 9.48 Å². The highest BCUT2D eigenvalue weighted by Crippen LogP contribution is 2.29. The molecule has 2 aromatic carbocycles. The van der Waals surface area contributed by atoms with E-state index in [0.29, 0.717) is 22.8 Å². The number of nitrogens with zero attached hydrogens (tertiary/aromatic N) is 3. The summed E-state index contributed by atoms with van der Waals surface area (Å²) in [6, 6.07) is 20.0. The van der Waals surface area contributed by atoms with Gasteiger partial charge < -0.3 is 10.1 Å². The largest absolute Gasteiger partial charge is 0.455 e. The van der Waals surface area contributed by atoms with Crippen molar-refractivity contribution in [2.24, 2.45) is 0 Å². The van der Waals surface area contributed by atoms with Gasteiger partial charge in [0.2, 0.25) is 5.91 Å². The van der Waals surface area contributed by atoms with Crippen molar-refractivity contribution in [3.63, 3.8) is 0 Å². The van der Waals surface area contributed by atoms with Crippen molar-refractivity contribution in [3.05, 3.63) is 89.0 Å². The molecule has 0 atom stereocenters. The van der Waals surface area contributed by atoms with Gasteiger partial charge >= 0.3 is 5.69 Å². The molecule has 140 valence electrons. The molecule has 0 aliphatic carbocycles. The molecule has 0 aliphatic heterocycles. The van der Waals surface area contributed by atoms with E-state index < -0.39 is 0 Å². The van der Waals surface area contributed by atoms with Crippen molar-refractivity contribution < 1.29 is 9.53 Å². The Morgan fingerprint density at radius 3 is 2.57 bits per heavy atom. The van der Waals surface area contributed by atoms with Gasteiger partial charge in [-0.3, -0.25) is 9.20 Å². The molecule has 0 spiro atoms. The van der Waals surface area contributed by atoms with Crippen molar-refractivity contribution in [3.8, 4) is 11.5 Å². The molecule has 2 aromatic heterocycles. The third-order valence-corrected chi connectivity index (χ3v) is 4.19. The Morgan fingerprint density at radius 2 is 1.79 bits per heavy atom. The van der Waals surface area contributed by atoms with Crippen LogP contribution < -0.4 is 15.7 Å². The average molecular weight is 374 g/mol. The summed E-state index contributed by atoms with van der Waals surface area (Å²) in [5.41, 5.74) is 1.77. The quantitative estimate of drug-likeness (QED) is 0.582. The summed E-state index contributed by atoms with van der Waals surface area (Å²) in [5.74, 6) is 0.816. The minimum atomic E-state index is -0.370. The van der Waals surface area contributed by atoms with Crippen molar-refractivity contribution in [1.82, 2.24) is 14.2 Å². The summed E-state index contributed by atoms with van der Waals surface area (Å²) in [6.45, 7) is 1.80. The monoisotopic (exact) mass is 374 g/mol. The number of carbonyl (C=O) groups excluding carboxylic acids is 1. The number of para-hydroxylation sites is 2. The molecule has 1 N–H and O–H groups in total. The van der Waals surface area contributed by atoms with E-state index in [1.54, 1.807) is 42.6 Å². The standard InChI is InChI=1S/C21H18N4O3/c1-15-9-11-16(12-10-15)28-18-7-3-2-6-17(18)22-20(26)14-25-21(27)24-13-5-4-8-19(24)23-25/h2-13H,14H2,1H3,(H,22,26). The number of ether oxygens (including phenoxy) is 1. The van der Waals surface area contributed by atoms with Crippen LogP contribution in [0.4, 0.5) is 5.69 Å². The van der Waals surface area contributed by atoms with E-state index in [9.17, 15) is 9.59 Å². The maximum absolute atomic E-state index is 12.5. The first kappa shape index (κ1) is 17.5. The Morgan fingerprint density at radius 1 is 1.04 bits per heavy atom. The van der Waals surface area contributed by atoms with Crippen LogP contribution in [0, 0.1) is 6.92 Å². The lowest BCUT2D eigenvalue weighted by Crippen LogP contribution is -2.28. The van der Waals surface area contributed by atoms with Gasteiger partial charge in [-0.15, -0.1) is 5.10 Å². The van der Waals surface area contributed by atoms with Gasteiger partial charge in [-0.1, -0.05) is 35.9 Å². The minimum Gasteiger partial charge on any atom is -0.455 e. The second kappa shape index (κ2) is 7.40. The fourth-order valence-corrected chi connectivity index (χ4v) is 2.79. The summed E-state index contributed by atoms with van der Waals surface area (Å²) in [4.78, 5) is 24.8. The fraction of sp³-hybridized carbons (Fsp3) is 0.0952. The van der Waals surface area contributed by atoms with Gasteiger partial charge in [-0.2, -0.15) is 0 Å². The molecule has 0 radical (unpaired) electrons. The maximum Gasteiger partial charge on any atom is 0.350 e. The number of hydrogen-bond acceptors (Lipinski definition) is 4. The molecule has 0 saturated heterocycles. The van der Waals surface area contributed by atoms with Crippen molar-refractivity contribution in [2.45, 2.75) is 13.5 Å². The number of hydrogen-bond donors (Lipinski definition) is 1. The Labute approximate surface area is 160 Å². The zero-order valence-electron chi connectivity index (χ0n) is 15.2. The number of nitrogens with one attached hydrogen (secondary N) is 1. The summed E-state index contributed by atoms with van der Waals surface area (Å²) >= 11 is 0. The molecule has 0 saturated carbocycles. The molecule has 7 nitrogen and oxygen atoms in total. The van der Waals surface area contributed by atoms with E-state index in [2.05, 4.69) is 10.4 Å². The Kier molecular flexibility index (Phi) is 4.63. The zero-order valence-corrected chi connectivity index (χ0v) is 15.2. The van der Waals surface area contributed by atoms with Crippen LogP contribution in [-0.4, -0.2) is 20.1 Å². The zero-order chi connectivity index (χ0) is 19.5. The third-order valence-electron chi connectivity index (χ3n) is 4.19. The van der Waals surface area contributed by atoms with Crippen LogP contribution in [0.15, 0.2) is 77.7 Å². The molecule has 2 heterocycles. The highest BCUT2D eigenvalue weighted by atomic mass is 16.5. The minimum absolute atomic E-state index is 0.195. The molecule has 28 heavy (non-hydrogen) atoms. The second-order valence-electron chi connectivity index (χ2n) is 6.33. The predicted molar refractivity (Wildman–Crippen MR) is 106 cm³/mol. The fourth-order valence-electron chi connectivity index (χ4n) is 2.79. The van der Waals surface area contributed by atoms with Gasteiger partial charge in [0.15, 0.2) is 11.4 Å². The number of carbonyl (C=O) groups is 1. The number of pyridine rings is 1. The van der Waals surface area contributed by atoms with E-state index in [1.807, 2.05) is 37.3 Å². The average Bonchev–Trinajstić information content (AvgIpc) is 3.01. The second-order valence-corrected chi connectivity index (χ2v) is 6.33. The summed E-state index contributed by atoms with van der Waals surface area (Å²) < 4.78 is 8.41. The van der Waals surface area contributed by atoms with E-state index in [4.69, 9.17) is 4.74 Å². The summed E-state index contributed by atoms with van der Waals surface area (Å²) in [5, 5.41) is 6.96. The SMILES string of the molecule is Cc1ccc(Oc2ccccc2NC(=O)Cn2nc3ccccn3c2=O)cc1. The molecule has 0 unspecified atom stereocenters. The molecular formula is C21H18N4O3. The van der Waals surface area contributed by atoms with Gasteiger partial charge in [0.05, 0.1) is 5.69 Å². The van der Waals surface area contributed by atoms with Crippen LogP contribution in [0.1, 0.15) is 5.56 Å². The van der Waals surface area contributed by atoms with E-state index in [1.165, 1.54) is 4.40 Å². The normalized spacial score (nSPS) is 10.8. The van der Waals surface area contributed by atoms with E-state index in [0.717, 1.165) is 10.2 Å². The lowest BCUT2D eigenvalue weighted by Gasteiger charge is -2.12. The number of anilines is 1. The summed E-state index contributed by atoms with van der Waals surface area (Å²) in [6.07, 6.45) is 1.61. The van der Waals surface area contributed by atoms with Crippen LogP contribution in [0.5, 0.6) is 11.5 Å². The first-order valence-electron chi connectivity index (χ1n) is 8.78. The summed E-state index contributed by atoms with van der Waals surface area (Å²) in [7, 11) is 0. The molecule has 0 fully saturated rings. The molecule has 0 bridgehead atoms. The van der Waals surface area contributed by atoms with Crippen LogP contribution in [0.2, 0.25) is 0 Å². The molecular weight excluding hydrogens is 356 g/mol. The Hall–Kier alpha value is -3.87. The Balaban J connectivity index is 1.52. The van der Waals surface area contributed by atoms with Crippen molar-refractivity contribution in [2.75, 3.05) is 5.32 Å². The van der Waals surface area contributed by atoms with Gasteiger partial charge in [0.1, 0.15) is 12.3 Å². The first-order valence-corrected chi connectivity index (χ1v) is 8.78. The molecule has 7 heteroatoms. The smallest absolute Gasteiger partial charge is 0.350 e. The lowest BCUT2D eigenvalue weighted by molar-refractivity contribution is -0.117. The number of aryl methyl sites for hydroxylation is 1. The predicted octanol–water partition coefficient (Wildman–Crippen LogP) is 3.24. The molecule has 4 aromatic rings.